The number of carboxylic acid groups (broad SMARTS) is 1. The zero-order valence-corrected chi connectivity index (χ0v) is 18.4. The van der Waals surface area contributed by atoms with Crippen molar-refractivity contribution in [2.24, 2.45) is 5.92 Å². The average Bonchev–Trinajstić information content (AvgIpc) is 2.72. The summed E-state index contributed by atoms with van der Waals surface area (Å²) in [6, 6.07) is 11.3. The minimum Gasteiger partial charge on any atom is -0.493 e. The highest BCUT2D eigenvalue weighted by Crippen LogP contribution is 2.31. The molecule has 1 saturated heterocycles. The number of aryl methyl sites for hydroxylation is 1. The van der Waals surface area contributed by atoms with Gasteiger partial charge in [0.15, 0.2) is 6.61 Å². The van der Waals surface area contributed by atoms with Gasteiger partial charge in [0.05, 0.1) is 19.8 Å². The van der Waals surface area contributed by atoms with E-state index < -0.39 is 5.97 Å². The van der Waals surface area contributed by atoms with E-state index in [0.717, 1.165) is 49.7 Å². The first-order valence-corrected chi connectivity index (χ1v) is 10.6. The molecule has 31 heavy (non-hydrogen) atoms. The molecule has 168 valence electrons. The number of hydrogen-bond donors (Lipinski definition) is 1. The molecule has 0 atom stereocenters. The Balaban J connectivity index is 1.76. The fraction of sp³-hybridized carbons (Fsp3) is 0.458. The van der Waals surface area contributed by atoms with Crippen LogP contribution in [-0.4, -0.2) is 55.5 Å². The maximum Gasteiger partial charge on any atom is 0.341 e. The number of ether oxygens (including phenoxy) is 4. The Morgan fingerprint density at radius 3 is 2.48 bits per heavy atom. The third-order valence-electron chi connectivity index (χ3n) is 4.77. The summed E-state index contributed by atoms with van der Waals surface area (Å²) in [5, 5.41) is 8.79. The molecule has 7 heteroatoms. The van der Waals surface area contributed by atoms with E-state index in [0.29, 0.717) is 29.8 Å². The second-order valence-electron chi connectivity index (χ2n) is 8.12. The molecule has 1 fully saturated rings. The first-order chi connectivity index (χ1) is 14.9. The zero-order valence-electron chi connectivity index (χ0n) is 18.4. The Morgan fingerprint density at radius 1 is 1.06 bits per heavy atom. The van der Waals surface area contributed by atoms with Gasteiger partial charge >= 0.3 is 5.97 Å². The standard InChI is InChI=1S/C24H31NO6/c1-17(2)15-29-21-11-19(14-25-6-8-28-9-7-25)12-22(13-21)31-20-4-5-23(18(3)10-20)30-16-24(26)27/h4-5,10-13,17H,6-9,14-16H2,1-3H3,(H,26,27). The third-order valence-corrected chi connectivity index (χ3v) is 4.77. The van der Waals surface area contributed by atoms with Crippen molar-refractivity contribution in [1.82, 2.24) is 4.90 Å². The van der Waals surface area contributed by atoms with Crippen LogP contribution in [0.25, 0.3) is 0 Å². The van der Waals surface area contributed by atoms with Crippen LogP contribution < -0.4 is 14.2 Å². The summed E-state index contributed by atoms with van der Waals surface area (Å²) >= 11 is 0. The van der Waals surface area contributed by atoms with Crippen molar-refractivity contribution < 1.29 is 28.8 Å². The molecule has 1 N–H and O–H groups in total. The van der Waals surface area contributed by atoms with Crippen molar-refractivity contribution in [3.63, 3.8) is 0 Å². The lowest BCUT2D eigenvalue weighted by atomic mass is 10.1. The van der Waals surface area contributed by atoms with E-state index in [4.69, 9.17) is 24.1 Å². The Hall–Kier alpha value is -2.77. The van der Waals surface area contributed by atoms with Gasteiger partial charge in [0, 0.05) is 25.7 Å². The van der Waals surface area contributed by atoms with Crippen LogP contribution in [0.15, 0.2) is 36.4 Å². The number of nitrogens with zero attached hydrogens (tertiary/aromatic N) is 1. The van der Waals surface area contributed by atoms with Crippen LogP contribution in [0.3, 0.4) is 0 Å². The summed E-state index contributed by atoms with van der Waals surface area (Å²) in [6.07, 6.45) is 0. The minimum absolute atomic E-state index is 0.374. The Bertz CT molecular complexity index is 876. The molecule has 0 aliphatic carbocycles. The smallest absolute Gasteiger partial charge is 0.341 e. The van der Waals surface area contributed by atoms with Gasteiger partial charge in [-0.05, 0) is 54.3 Å². The number of aliphatic carboxylic acids is 1. The maximum atomic E-state index is 10.7. The summed E-state index contributed by atoms with van der Waals surface area (Å²) in [5.41, 5.74) is 1.93. The maximum absolute atomic E-state index is 10.7. The molecule has 0 spiro atoms. The monoisotopic (exact) mass is 429 g/mol. The molecule has 0 bridgehead atoms. The third kappa shape index (κ3) is 7.45. The number of rotatable bonds is 10. The SMILES string of the molecule is Cc1cc(Oc2cc(CN3CCOCC3)cc(OCC(C)C)c2)ccc1OCC(=O)O. The summed E-state index contributed by atoms with van der Waals surface area (Å²) in [5.74, 6) is 2.07. The minimum atomic E-state index is -1.01. The quantitative estimate of drug-likeness (QED) is 0.609. The molecular formula is C24H31NO6. The van der Waals surface area contributed by atoms with Crippen molar-refractivity contribution in [1.29, 1.82) is 0 Å². The van der Waals surface area contributed by atoms with Crippen LogP contribution in [0.4, 0.5) is 0 Å². The highest BCUT2D eigenvalue weighted by molar-refractivity contribution is 5.68. The molecule has 7 nitrogen and oxygen atoms in total. The number of carboxylic acids is 1. The summed E-state index contributed by atoms with van der Waals surface area (Å²) in [4.78, 5) is 13.1. The fourth-order valence-electron chi connectivity index (χ4n) is 3.27. The zero-order chi connectivity index (χ0) is 22.2. The van der Waals surface area contributed by atoms with Gasteiger partial charge in [-0.2, -0.15) is 0 Å². The summed E-state index contributed by atoms with van der Waals surface area (Å²) in [7, 11) is 0. The molecule has 1 aliphatic rings. The van der Waals surface area contributed by atoms with Gasteiger partial charge < -0.3 is 24.1 Å². The molecule has 2 aromatic carbocycles. The van der Waals surface area contributed by atoms with Crippen LogP contribution in [0.2, 0.25) is 0 Å². The number of benzene rings is 2. The highest BCUT2D eigenvalue weighted by Gasteiger charge is 2.13. The van der Waals surface area contributed by atoms with E-state index in [9.17, 15) is 4.79 Å². The lowest BCUT2D eigenvalue weighted by molar-refractivity contribution is -0.139. The topological polar surface area (TPSA) is 77.5 Å². The second kappa shape index (κ2) is 11.0. The second-order valence-corrected chi connectivity index (χ2v) is 8.12. The van der Waals surface area contributed by atoms with E-state index in [1.54, 1.807) is 12.1 Å². The number of morpholine rings is 1. The lowest BCUT2D eigenvalue weighted by Gasteiger charge is -2.27. The van der Waals surface area contributed by atoms with E-state index in [1.165, 1.54) is 0 Å². The Labute approximate surface area is 183 Å². The first-order valence-electron chi connectivity index (χ1n) is 10.6. The van der Waals surface area contributed by atoms with Crippen LogP contribution in [-0.2, 0) is 16.1 Å². The first kappa shape index (κ1) is 22.9. The van der Waals surface area contributed by atoms with Gasteiger partial charge in [0.2, 0.25) is 0 Å². The molecular weight excluding hydrogens is 398 g/mol. The highest BCUT2D eigenvalue weighted by atomic mass is 16.5. The molecule has 0 radical (unpaired) electrons. The average molecular weight is 430 g/mol. The predicted octanol–water partition coefficient (Wildman–Crippen LogP) is 4.12. The molecule has 2 aromatic rings. The number of carbonyl (C=O) groups is 1. The summed E-state index contributed by atoms with van der Waals surface area (Å²) in [6.45, 7) is 10.5. The largest absolute Gasteiger partial charge is 0.493 e. The molecule has 0 saturated carbocycles. The van der Waals surface area contributed by atoms with Crippen molar-refractivity contribution in [2.45, 2.75) is 27.3 Å². The summed E-state index contributed by atoms with van der Waals surface area (Å²) < 4.78 is 22.8. The molecule has 0 amide bonds. The van der Waals surface area contributed by atoms with Crippen molar-refractivity contribution in [3.05, 3.63) is 47.5 Å². The van der Waals surface area contributed by atoms with Gasteiger partial charge in [0.25, 0.3) is 0 Å². The number of hydrogen-bond acceptors (Lipinski definition) is 6. The lowest BCUT2D eigenvalue weighted by Crippen LogP contribution is -2.35. The van der Waals surface area contributed by atoms with Crippen LogP contribution in [0, 0.1) is 12.8 Å². The van der Waals surface area contributed by atoms with Crippen molar-refractivity contribution in [2.75, 3.05) is 39.5 Å². The van der Waals surface area contributed by atoms with Crippen LogP contribution in [0.1, 0.15) is 25.0 Å². The molecule has 3 rings (SSSR count). The predicted molar refractivity (Wildman–Crippen MR) is 117 cm³/mol. The van der Waals surface area contributed by atoms with Gasteiger partial charge in [-0.1, -0.05) is 13.8 Å². The molecule has 0 aromatic heterocycles. The van der Waals surface area contributed by atoms with Crippen molar-refractivity contribution >= 4 is 5.97 Å². The van der Waals surface area contributed by atoms with Crippen LogP contribution >= 0.6 is 0 Å². The van der Waals surface area contributed by atoms with E-state index in [2.05, 4.69) is 24.8 Å². The van der Waals surface area contributed by atoms with Gasteiger partial charge in [0.1, 0.15) is 23.0 Å². The molecule has 1 heterocycles. The van der Waals surface area contributed by atoms with E-state index in [-0.39, 0.29) is 6.61 Å². The van der Waals surface area contributed by atoms with E-state index in [1.807, 2.05) is 25.1 Å². The van der Waals surface area contributed by atoms with Gasteiger partial charge in [-0.25, -0.2) is 4.79 Å². The Morgan fingerprint density at radius 2 is 1.81 bits per heavy atom. The van der Waals surface area contributed by atoms with E-state index >= 15 is 0 Å². The normalized spacial score (nSPS) is 14.5. The fourth-order valence-corrected chi connectivity index (χ4v) is 3.27. The van der Waals surface area contributed by atoms with Crippen LogP contribution in [0.5, 0.6) is 23.0 Å². The van der Waals surface area contributed by atoms with Crippen molar-refractivity contribution in [3.8, 4) is 23.0 Å². The van der Waals surface area contributed by atoms with Gasteiger partial charge in [-0.3, -0.25) is 4.90 Å². The molecule has 0 unspecified atom stereocenters. The van der Waals surface area contributed by atoms with Gasteiger partial charge in [-0.15, -0.1) is 0 Å². The Kier molecular flexibility index (Phi) is 8.14. The molecule has 1 aliphatic heterocycles.